The van der Waals surface area contributed by atoms with E-state index in [1.54, 1.807) is 11.8 Å². The smallest absolute Gasteiger partial charge is 0.338 e. The van der Waals surface area contributed by atoms with E-state index in [9.17, 15) is 14.4 Å². The number of morpholine rings is 1. The van der Waals surface area contributed by atoms with Crippen LogP contribution in [0.25, 0.3) is 0 Å². The number of ether oxygens (including phenoxy) is 3. The molecule has 0 spiro atoms. The molecule has 0 aliphatic carbocycles. The topological polar surface area (TPSA) is 97.5 Å². The first-order valence-electron chi connectivity index (χ1n) is 9.13. The number of carbonyl (C=O) groups is 3. The maximum Gasteiger partial charge on any atom is 0.338 e. The van der Waals surface area contributed by atoms with Gasteiger partial charge in [-0.25, -0.2) is 4.79 Å². The third-order valence-electron chi connectivity index (χ3n) is 4.49. The molecule has 0 saturated carbocycles. The molecular weight excluding hydrogens is 352 g/mol. The Bertz CT molecular complexity index is 674. The van der Waals surface area contributed by atoms with Crippen molar-refractivity contribution in [2.45, 2.75) is 31.6 Å². The summed E-state index contributed by atoms with van der Waals surface area (Å²) < 4.78 is 15.3. The first-order valence-corrected chi connectivity index (χ1v) is 9.13. The van der Waals surface area contributed by atoms with Gasteiger partial charge < -0.3 is 24.4 Å². The SMILES string of the molecule is CCOC(=O)[C@H]1O[C@@H]1C(=O)N[C@@H](Cc1ccccc1)C(=O)N1CCOCC1. The number of amides is 2. The van der Waals surface area contributed by atoms with Gasteiger partial charge in [0.15, 0.2) is 12.2 Å². The van der Waals surface area contributed by atoms with E-state index in [0.717, 1.165) is 5.56 Å². The summed E-state index contributed by atoms with van der Waals surface area (Å²) in [6.45, 7) is 3.85. The lowest BCUT2D eigenvalue weighted by atomic mass is 10.0. The molecule has 8 heteroatoms. The van der Waals surface area contributed by atoms with E-state index in [0.29, 0.717) is 32.7 Å². The van der Waals surface area contributed by atoms with Crippen molar-refractivity contribution in [2.75, 3.05) is 32.9 Å². The minimum absolute atomic E-state index is 0.163. The molecule has 2 saturated heterocycles. The number of carbonyl (C=O) groups excluding carboxylic acids is 3. The minimum atomic E-state index is -0.903. The fourth-order valence-corrected chi connectivity index (χ4v) is 3.02. The minimum Gasteiger partial charge on any atom is -0.464 e. The highest BCUT2D eigenvalue weighted by Gasteiger charge is 2.52. The lowest BCUT2D eigenvalue weighted by Crippen LogP contribution is -2.53. The van der Waals surface area contributed by atoms with Crippen LogP contribution < -0.4 is 5.32 Å². The van der Waals surface area contributed by atoms with Gasteiger partial charge in [-0.1, -0.05) is 30.3 Å². The van der Waals surface area contributed by atoms with Crippen LogP contribution in [-0.4, -0.2) is 73.8 Å². The summed E-state index contributed by atoms with van der Waals surface area (Å²) in [7, 11) is 0. The fourth-order valence-electron chi connectivity index (χ4n) is 3.02. The second kappa shape index (κ2) is 8.96. The van der Waals surface area contributed by atoms with E-state index >= 15 is 0 Å². The zero-order valence-electron chi connectivity index (χ0n) is 15.3. The molecule has 1 aromatic rings. The van der Waals surface area contributed by atoms with Gasteiger partial charge in [0.1, 0.15) is 6.04 Å². The van der Waals surface area contributed by atoms with E-state index < -0.39 is 30.1 Å². The highest BCUT2D eigenvalue weighted by atomic mass is 16.6. The Morgan fingerprint density at radius 2 is 1.89 bits per heavy atom. The van der Waals surface area contributed by atoms with Crippen molar-refractivity contribution in [3.8, 4) is 0 Å². The largest absolute Gasteiger partial charge is 0.464 e. The highest BCUT2D eigenvalue weighted by Crippen LogP contribution is 2.24. The Morgan fingerprint density at radius 3 is 2.56 bits per heavy atom. The maximum atomic E-state index is 12.9. The Kier molecular flexibility index (Phi) is 6.41. The van der Waals surface area contributed by atoms with Crippen LogP contribution in [0.15, 0.2) is 30.3 Å². The number of hydrogen-bond acceptors (Lipinski definition) is 6. The third-order valence-corrected chi connectivity index (χ3v) is 4.49. The Morgan fingerprint density at radius 1 is 1.19 bits per heavy atom. The lowest BCUT2D eigenvalue weighted by Gasteiger charge is -2.30. The van der Waals surface area contributed by atoms with Crippen LogP contribution in [0.3, 0.4) is 0 Å². The summed E-state index contributed by atoms with van der Waals surface area (Å²) in [6.07, 6.45) is -1.43. The van der Waals surface area contributed by atoms with Crippen LogP contribution in [-0.2, 0) is 35.0 Å². The molecule has 27 heavy (non-hydrogen) atoms. The van der Waals surface area contributed by atoms with Gasteiger partial charge in [-0.15, -0.1) is 0 Å². The predicted molar refractivity (Wildman–Crippen MR) is 94.8 cm³/mol. The van der Waals surface area contributed by atoms with Crippen molar-refractivity contribution in [3.63, 3.8) is 0 Å². The molecule has 3 atom stereocenters. The average Bonchev–Trinajstić information content (AvgIpc) is 3.50. The number of hydrogen-bond donors (Lipinski definition) is 1. The molecule has 8 nitrogen and oxygen atoms in total. The zero-order chi connectivity index (χ0) is 19.2. The van der Waals surface area contributed by atoms with Crippen molar-refractivity contribution in [1.82, 2.24) is 10.2 Å². The van der Waals surface area contributed by atoms with E-state index in [1.807, 2.05) is 30.3 Å². The van der Waals surface area contributed by atoms with E-state index in [4.69, 9.17) is 14.2 Å². The van der Waals surface area contributed by atoms with E-state index in [-0.39, 0.29) is 12.5 Å². The molecule has 0 aromatic heterocycles. The van der Waals surface area contributed by atoms with Crippen LogP contribution in [0.1, 0.15) is 12.5 Å². The molecule has 1 aromatic carbocycles. The second-order valence-corrected chi connectivity index (χ2v) is 6.42. The quantitative estimate of drug-likeness (QED) is 0.527. The van der Waals surface area contributed by atoms with Crippen LogP contribution in [0.4, 0.5) is 0 Å². The Labute approximate surface area is 157 Å². The highest BCUT2D eigenvalue weighted by molar-refractivity contribution is 5.95. The van der Waals surface area contributed by atoms with Crippen LogP contribution in [0.2, 0.25) is 0 Å². The molecule has 1 N–H and O–H groups in total. The number of nitrogens with one attached hydrogen (secondary N) is 1. The van der Waals surface area contributed by atoms with Crippen molar-refractivity contribution in [2.24, 2.45) is 0 Å². The van der Waals surface area contributed by atoms with E-state index in [1.165, 1.54) is 0 Å². The predicted octanol–water partition coefficient (Wildman–Crippen LogP) is -0.0968. The standard InChI is InChI=1S/C19H24N2O6/c1-2-26-19(24)16-15(27-16)17(22)20-14(12-13-6-4-3-5-7-13)18(23)21-8-10-25-11-9-21/h3-7,14-16H,2,8-12H2,1H3,(H,20,22)/t14-,15-,16-/m0/s1. The van der Waals surface area contributed by atoms with Crippen molar-refractivity contribution < 1.29 is 28.6 Å². The van der Waals surface area contributed by atoms with Crippen LogP contribution >= 0.6 is 0 Å². The summed E-state index contributed by atoms with van der Waals surface area (Å²) in [5, 5.41) is 2.75. The first-order chi connectivity index (χ1) is 13.1. The second-order valence-electron chi connectivity index (χ2n) is 6.42. The molecule has 2 aliphatic heterocycles. The van der Waals surface area contributed by atoms with Gasteiger partial charge in [-0.05, 0) is 12.5 Å². The molecule has 0 bridgehead atoms. The number of epoxide rings is 1. The van der Waals surface area contributed by atoms with Gasteiger partial charge in [0, 0.05) is 19.5 Å². The van der Waals surface area contributed by atoms with Gasteiger partial charge in [0.25, 0.3) is 5.91 Å². The molecule has 146 valence electrons. The summed E-state index contributed by atoms with van der Waals surface area (Å²) in [6, 6.07) is 8.73. The lowest BCUT2D eigenvalue weighted by molar-refractivity contribution is -0.144. The Hall–Kier alpha value is -2.45. The molecule has 2 heterocycles. The van der Waals surface area contributed by atoms with Gasteiger partial charge >= 0.3 is 5.97 Å². The molecule has 2 amide bonds. The van der Waals surface area contributed by atoms with Crippen molar-refractivity contribution in [3.05, 3.63) is 35.9 Å². The number of nitrogens with zero attached hydrogens (tertiary/aromatic N) is 1. The fraction of sp³-hybridized carbons (Fsp3) is 0.526. The average molecular weight is 376 g/mol. The van der Waals surface area contributed by atoms with Gasteiger partial charge in [-0.3, -0.25) is 9.59 Å². The van der Waals surface area contributed by atoms with Gasteiger partial charge in [0.05, 0.1) is 19.8 Å². The Balaban J connectivity index is 1.65. The van der Waals surface area contributed by atoms with Crippen molar-refractivity contribution in [1.29, 1.82) is 0 Å². The van der Waals surface area contributed by atoms with Gasteiger partial charge in [0.2, 0.25) is 5.91 Å². The summed E-state index contributed by atoms with van der Waals surface area (Å²) in [5.41, 5.74) is 0.933. The molecule has 2 aliphatic rings. The molecule has 2 fully saturated rings. The summed E-state index contributed by atoms with van der Waals surface area (Å²) >= 11 is 0. The van der Waals surface area contributed by atoms with Crippen LogP contribution in [0.5, 0.6) is 0 Å². The number of benzene rings is 1. The normalized spacial score (nSPS) is 22.6. The molecule has 0 unspecified atom stereocenters. The van der Waals surface area contributed by atoms with Gasteiger partial charge in [-0.2, -0.15) is 0 Å². The first kappa shape index (κ1) is 19.3. The number of rotatable bonds is 7. The molecular formula is C19H24N2O6. The molecule has 3 rings (SSSR count). The van der Waals surface area contributed by atoms with Crippen molar-refractivity contribution >= 4 is 17.8 Å². The summed E-state index contributed by atoms with van der Waals surface area (Å²) in [4.78, 5) is 38.7. The molecule has 0 radical (unpaired) electrons. The zero-order valence-corrected chi connectivity index (χ0v) is 15.3. The monoisotopic (exact) mass is 376 g/mol. The number of esters is 1. The van der Waals surface area contributed by atoms with Crippen LogP contribution in [0, 0.1) is 0 Å². The third kappa shape index (κ3) is 5.05. The van der Waals surface area contributed by atoms with E-state index in [2.05, 4.69) is 5.32 Å². The summed E-state index contributed by atoms with van der Waals surface area (Å²) in [5.74, 6) is -1.20. The maximum absolute atomic E-state index is 12.9.